The van der Waals surface area contributed by atoms with E-state index >= 15 is 0 Å². The Morgan fingerprint density at radius 3 is 2.47 bits per heavy atom. The molecule has 1 unspecified atom stereocenters. The van der Waals surface area contributed by atoms with Crippen molar-refractivity contribution in [3.8, 4) is 0 Å². The first-order valence-electron chi connectivity index (χ1n) is 11.6. The summed E-state index contributed by atoms with van der Waals surface area (Å²) in [5.41, 5.74) is 3.35. The van der Waals surface area contributed by atoms with E-state index in [1.54, 1.807) is 0 Å². The third-order valence-electron chi connectivity index (χ3n) is 5.62. The lowest BCUT2D eigenvalue weighted by molar-refractivity contribution is -0.136. The molecule has 196 valence electrons. The van der Waals surface area contributed by atoms with Gasteiger partial charge in [-0.15, -0.1) is 0 Å². The number of rotatable bonds is 11. The molecular formula is C28H24Cl2N2O4S2. The molecule has 10 heteroatoms. The Hall–Kier alpha value is -2.88. The number of aliphatic carboxylic acids is 1. The van der Waals surface area contributed by atoms with E-state index in [9.17, 15) is 13.2 Å². The third-order valence-corrected chi connectivity index (χ3v) is 8.83. The summed E-state index contributed by atoms with van der Waals surface area (Å²) < 4.78 is 28.3. The van der Waals surface area contributed by atoms with Crippen molar-refractivity contribution in [1.29, 1.82) is 0 Å². The fraction of sp³-hybridized carbons (Fsp3) is 0.143. The van der Waals surface area contributed by atoms with Gasteiger partial charge in [-0.2, -0.15) is 11.8 Å². The molecule has 0 spiro atoms. The highest BCUT2D eigenvalue weighted by molar-refractivity contribution is 7.99. The number of benzene rings is 3. The summed E-state index contributed by atoms with van der Waals surface area (Å²) in [7, 11) is -3.77. The fourth-order valence-corrected chi connectivity index (χ4v) is 6.25. The summed E-state index contributed by atoms with van der Waals surface area (Å²) in [6, 6.07) is 23.1. The van der Waals surface area contributed by atoms with Crippen molar-refractivity contribution >= 4 is 74.0 Å². The molecule has 1 atom stereocenters. The van der Waals surface area contributed by atoms with Gasteiger partial charge < -0.3 is 5.11 Å². The van der Waals surface area contributed by atoms with E-state index in [1.165, 1.54) is 36.0 Å². The molecule has 0 aliphatic carbocycles. The molecule has 6 nitrogen and oxygen atoms in total. The number of thioether (sulfide) groups is 1. The van der Waals surface area contributed by atoms with Crippen LogP contribution in [0.25, 0.3) is 23.1 Å². The number of sulfonamides is 1. The van der Waals surface area contributed by atoms with Crippen molar-refractivity contribution in [1.82, 2.24) is 9.71 Å². The van der Waals surface area contributed by atoms with E-state index in [0.29, 0.717) is 15.8 Å². The number of hydrogen-bond acceptors (Lipinski definition) is 5. The number of carbonyl (C=O) groups is 1. The number of carboxylic acids is 1. The molecule has 0 amide bonds. The first-order valence-corrected chi connectivity index (χ1v) is 14.9. The minimum atomic E-state index is -3.77. The van der Waals surface area contributed by atoms with Crippen LogP contribution in [0.5, 0.6) is 0 Å². The average Bonchev–Trinajstić information content (AvgIpc) is 2.89. The van der Waals surface area contributed by atoms with Gasteiger partial charge >= 0.3 is 5.97 Å². The fourth-order valence-electron chi connectivity index (χ4n) is 3.69. The Morgan fingerprint density at radius 2 is 1.71 bits per heavy atom. The van der Waals surface area contributed by atoms with E-state index in [0.717, 1.165) is 27.7 Å². The summed E-state index contributed by atoms with van der Waals surface area (Å²) in [5.74, 6) is -0.564. The second-order valence-electron chi connectivity index (χ2n) is 8.39. The lowest BCUT2D eigenvalue weighted by Crippen LogP contribution is -2.28. The number of pyridine rings is 1. The van der Waals surface area contributed by atoms with E-state index in [4.69, 9.17) is 28.3 Å². The van der Waals surface area contributed by atoms with Crippen molar-refractivity contribution in [2.75, 3.05) is 12.3 Å². The maximum absolute atomic E-state index is 12.8. The van der Waals surface area contributed by atoms with E-state index in [1.807, 2.05) is 66.7 Å². The largest absolute Gasteiger partial charge is 0.481 e. The molecule has 4 rings (SSSR count). The summed E-state index contributed by atoms with van der Waals surface area (Å²) in [6.07, 6.45) is 3.80. The smallest absolute Gasteiger partial charge is 0.304 e. The van der Waals surface area contributed by atoms with Crippen LogP contribution in [-0.2, 0) is 14.8 Å². The lowest BCUT2D eigenvalue weighted by Gasteiger charge is -2.18. The number of aromatic nitrogens is 1. The Labute approximate surface area is 235 Å². The van der Waals surface area contributed by atoms with Gasteiger partial charge in [0.1, 0.15) is 0 Å². The SMILES string of the molecule is O=C(O)CCSC(CNS(=O)(=O)c1ccc(Cl)cc1)c1cccc(/C=C/c2ccc3ccc(Cl)cc3n2)c1. The monoisotopic (exact) mass is 586 g/mol. The summed E-state index contributed by atoms with van der Waals surface area (Å²) >= 11 is 13.4. The molecule has 0 aliphatic heterocycles. The van der Waals surface area contributed by atoms with Crippen molar-refractivity contribution in [2.24, 2.45) is 0 Å². The Bertz CT molecular complexity index is 1580. The Morgan fingerprint density at radius 1 is 0.974 bits per heavy atom. The molecule has 0 saturated heterocycles. The number of carboxylic acid groups (broad SMARTS) is 1. The van der Waals surface area contributed by atoms with E-state index in [-0.39, 0.29) is 23.1 Å². The van der Waals surface area contributed by atoms with Gasteiger partial charge in [0, 0.05) is 33.0 Å². The highest BCUT2D eigenvalue weighted by atomic mass is 35.5. The number of nitrogens with one attached hydrogen (secondary N) is 1. The van der Waals surface area contributed by atoms with E-state index < -0.39 is 16.0 Å². The van der Waals surface area contributed by atoms with Crippen molar-refractivity contribution < 1.29 is 18.3 Å². The van der Waals surface area contributed by atoms with Gasteiger partial charge in [-0.05, 0) is 59.7 Å². The summed E-state index contributed by atoms with van der Waals surface area (Å²) in [6.45, 7) is 0.0927. The zero-order valence-corrected chi connectivity index (χ0v) is 23.2. The first-order chi connectivity index (χ1) is 18.2. The number of halogens is 2. The molecule has 3 aromatic carbocycles. The van der Waals surface area contributed by atoms with Crippen molar-refractivity contribution in [3.63, 3.8) is 0 Å². The zero-order chi connectivity index (χ0) is 27.1. The summed E-state index contributed by atoms with van der Waals surface area (Å²) in [4.78, 5) is 15.8. The maximum atomic E-state index is 12.8. The zero-order valence-electron chi connectivity index (χ0n) is 20.1. The molecule has 0 bridgehead atoms. The third kappa shape index (κ3) is 7.82. The molecule has 0 fully saturated rings. The Kier molecular flexibility index (Phi) is 9.46. The normalized spacial score (nSPS) is 12.7. The van der Waals surface area contributed by atoms with Gasteiger partial charge in [-0.25, -0.2) is 18.1 Å². The molecule has 0 radical (unpaired) electrons. The van der Waals surface area contributed by atoms with Crippen molar-refractivity contribution in [2.45, 2.75) is 16.6 Å². The van der Waals surface area contributed by atoms with Crippen LogP contribution in [0, 0.1) is 0 Å². The van der Waals surface area contributed by atoms with Gasteiger partial charge in [0.05, 0.1) is 22.5 Å². The molecule has 4 aromatic rings. The van der Waals surface area contributed by atoms with Gasteiger partial charge in [-0.1, -0.05) is 65.7 Å². The maximum Gasteiger partial charge on any atom is 0.304 e. The number of nitrogens with zero attached hydrogens (tertiary/aromatic N) is 1. The highest BCUT2D eigenvalue weighted by Crippen LogP contribution is 2.30. The van der Waals surface area contributed by atoms with Crippen LogP contribution in [0.15, 0.2) is 83.8 Å². The van der Waals surface area contributed by atoms with Crippen LogP contribution in [0.3, 0.4) is 0 Å². The average molecular weight is 588 g/mol. The van der Waals surface area contributed by atoms with Crippen LogP contribution in [-0.4, -0.2) is 36.8 Å². The van der Waals surface area contributed by atoms with Gasteiger partial charge in [-0.3, -0.25) is 4.79 Å². The predicted molar refractivity (Wildman–Crippen MR) is 156 cm³/mol. The van der Waals surface area contributed by atoms with Gasteiger partial charge in [0.2, 0.25) is 10.0 Å². The molecule has 0 aliphatic rings. The molecule has 2 N–H and O–H groups in total. The van der Waals surface area contributed by atoms with Crippen LogP contribution >= 0.6 is 35.0 Å². The molecular weight excluding hydrogens is 563 g/mol. The number of hydrogen-bond donors (Lipinski definition) is 2. The first kappa shape index (κ1) is 28.1. The lowest BCUT2D eigenvalue weighted by atomic mass is 10.1. The second kappa shape index (κ2) is 12.8. The van der Waals surface area contributed by atoms with Crippen LogP contribution in [0.4, 0.5) is 0 Å². The van der Waals surface area contributed by atoms with Crippen LogP contribution < -0.4 is 4.72 Å². The van der Waals surface area contributed by atoms with Gasteiger partial charge in [0.15, 0.2) is 0 Å². The van der Waals surface area contributed by atoms with Crippen LogP contribution in [0.2, 0.25) is 10.0 Å². The molecule has 1 aromatic heterocycles. The molecule has 38 heavy (non-hydrogen) atoms. The quantitative estimate of drug-likeness (QED) is 0.197. The minimum Gasteiger partial charge on any atom is -0.481 e. The second-order valence-corrected chi connectivity index (χ2v) is 12.3. The topological polar surface area (TPSA) is 96.4 Å². The predicted octanol–water partition coefficient (Wildman–Crippen LogP) is 6.94. The standard InChI is InChI=1S/C28H24Cl2N2O4S2/c29-22-8-12-25(13-9-22)38(35,36)31-18-27(37-15-14-28(33)34)21-3-1-2-19(16-21)4-10-24-11-6-20-5-7-23(30)17-26(20)32-24/h1-13,16-17,27,31H,14-15,18H2,(H,33,34)/b10-4+. The minimum absolute atomic E-state index is 0.0255. The van der Waals surface area contributed by atoms with E-state index in [2.05, 4.69) is 9.71 Å². The van der Waals surface area contributed by atoms with Crippen LogP contribution in [0.1, 0.15) is 28.5 Å². The number of fused-ring (bicyclic) bond motifs is 1. The van der Waals surface area contributed by atoms with Crippen molar-refractivity contribution in [3.05, 3.63) is 106 Å². The highest BCUT2D eigenvalue weighted by Gasteiger charge is 2.19. The summed E-state index contributed by atoms with van der Waals surface area (Å²) in [5, 5.41) is 10.8. The van der Waals surface area contributed by atoms with Gasteiger partial charge in [0.25, 0.3) is 0 Å². The molecule has 1 heterocycles. The molecule has 0 saturated carbocycles. The Balaban J connectivity index is 1.53.